The molecule has 1 saturated carbocycles. The normalized spacial score (nSPS) is 18.1. The molecule has 4 rings (SSSR count). The second kappa shape index (κ2) is 7.53. The predicted molar refractivity (Wildman–Crippen MR) is 106 cm³/mol. The Labute approximate surface area is 172 Å². The number of phenols is 1. The maximum absolute atomic E-state index is 14.1. The molecular weight excluding hydrogens is 412 g/mol. The molecule has 1 aliphatic rings. The number of phenolic OH excluding ortho intramolecular Hbond substituents is 1. The second-order valence-corrected chi connectivity index (χ2v) is 8.81. The summed E-state index contributed by atoms with van der Waals surface area (Å²) in [7, 11) is -4.28. The van der Waals surface area contributed by atoms with Gasteiger partial charge in [-0.3, -0.25) is 4.79 Å². The molecule has 1 N–H and O–H groups in total. The van der Waals surface area contributed by atoms with Crippen molar-refractivity contribution in [1.29, 1.82) is 0 Å². The Bertz CT molecular complexity index is 1180. The van der Waals surface area contributed by atoms with Gasteiger partial charge >= 0.3 is 0 Å². The van der Waals surface area contributed by atoms with Gasteiger partial charge in [0.25, 0.3) is 10.0 Å². The standard InChI is InChI=1S/C22H17F2NO4S/c23-19-7-4-8-20(24)21(19)17-13-18(17)22(27)25(14-9-11-15(26)12-10-14)30(28,29)16-5-2-1-3-6-16/h1-12,17-18,26H,13H2/t17-,18-/m1/s1. The van der Waals surface area contributed by atoms with Crippen molar-refractivity contribution in [2.45, 2.75) is 17.2 Å². The van der Waals surface area contributed by atoms with Gasteiger partial charge in [-0.05, 0) is 55.0 Å². The van der Waals surface area contributed by atoms with E-state index in [1.54, 1.807) is 6.07 Å². The molecule has 1 fully saturated rings. The van der Waals surface area contributed by atoms with Gasteiger partial charge in [0.15, 0.2) is 0 Å². The van der Waals surface area contributed by atoms with Crippen LogP contribution in [0.15, 0.2) is 77.7 Å². The third-order valence-electron chi connectivity index (χ3n) is 5.04. The van der Waals surface area contributed by atoms with Gasteiger partial charge < -0.3 is 5.11 Å². The molecule has 2 atom stereocenters. The van der Waals surface area contributed by atoms with Crippen LogP contribution in [0.4, 0.5) is 14.5 Å². The fraction of sp³-hybridized carbons (Fsp3) is 0.136. The minimum absolute atomic E-state index is 0.0290. The Kier molecular flexibility index (Phi) is 5.03. The van der Waals surface area contributed by atoms with Crippen molar-refractivity contribution in [2.24, 2.45) is 5.92 Å². The highest BCUT2D eigenvalue weighted by molar-refractivity contribution is 7.93. The number of amides is 1. The van der Waals surface area contributed by atoms with Crippen molar-refractivity contribution < 1.29 is 27.1 Å². The van der Waals surface area contributed by atoms with Crippen LogP contribution < -0.4 is 4.31 Å². The van der Waals surface area contributed by atoms with E-state index in [9.17, 15) is 27.1 Å². The molecule has 8 heteroatoms. The summed E-state index contributed by atoms with van der Waals surface area (Å²) >= 11 is 0. The molecule has 0 radical (unpaired) electrons. The molecule has 0 unspecified atom stereocenters. The van der Waals surface area contributed by atoms with Crippen molar-refractivity contribution in [2.75, 3.05) is 4.31 Å². The molecule has 0 saturated heterocycles. The Morgan fingerprint density at radius 2 is 1.50 bits per heavy atom. The molecule has 0 heterocycles. The van der Waals surface area contributed by atoms with Crippen LogP contribution in [0.3, 0.4) is 0 Å². The van der Waals surface area contributed by atoms with Gasteiger partial charge in [0.1, 0.15) is 17.4 Å². The minimum atomic E-state index is -4.28. The van der Waals surface area contributed by atoms with E-state index in [4.69, 9.17) is 0 Å². The lowest BCUT2D eigenvalue weighted by atomic mass is 10.1. The van der Waals surface area contributed by atoms with Gasteiger partial charge in [0.05, 0.1) is 10.6 Å². The summed E-state index contributed by atoms with van der Waals surface area (Å²) in [5.74, 6) is -4.04. The van der Waals surface area contributed by atoms with E-state index in [1.807, 2.05) is 0 Å². The lowest BCUT2D eigenvalue weighted by molar-refractivity contribution is -0.118. The van der Waals surface area contributed by atoms with E-state index in [1.165, 1.54) is 54.6 Å². The van der Waals surface area contributed by atoms with Crippen molar-refractivity contribution in [3.63, 3.8) is 0 Å². The fourth-order valence-corrected chi connectivity index (χ4v) is 4.96. The SMILES string of the molecule is O=C([C@@H]1C[C@H]1c1c(F)cccc1F)N(c1ccc(O)cc1)S(=O)(=O)c1ccccc1. The van der Waals surface area contributed by atoms with E-state index in [2.05, 4.69) is 0 Å². The Morgan fingerprint density at radius 3 is 2.10 bits per heavy atom. The number of sulfonamides is 1. The van der Waals surface area contributed by atoms with Crippen LogP contribution in [0.5, 0.6) is 5.75 Å². The molecular formula is C22H17F2NO4S. The fourth-order valence-electron chi connectivity index (χ4n) is 3.47. The number of aromatic hydroxyl groups is 1. The van der Waals surface area contributed by atoms with Crippen LogP contribution in [-0.4, -0.2) is 19.4 Å². The highest BCUT2D eigenvalue weighted by Crippen LogP contribution is 2.51. The molecule has 3 aromatic carbocycles. The Hall–Kier alpha value is -3.26. The van der Waals surface area contributed by atoms with Crippen molar-refractivity contribution >= 4 is 21.6 Å². The van der Waals surface area contributed by atoms with Gasteiger partial charge in [-0.15, -0.1) is 0 Å². The number of benzene rings is 3. The smallest absolute Gasteiger partial charge is 0.270 e. The summed E-state index contributed by atoms with van der Waals surface area (Å²) in [6.07, 6.45) is 0.135. The molecule has 30 heavy (non-hydrogen) atoms. The van der Waals surface area contributed by atoms with Crippen molar-refractivity contribution in [1.82, 2.24) is 0 Å². The topological polar surface area (TPSA) is 74.7 Å². The van der Waals surface area contributed by atoms with Crippen LogP contribution in [0.25, 0.3) is 0 Å². The first-order valence-electron chi connectivity index (χ1n) is 9.18. The van der Waals surface area contributed by atoms with Crippen LogP contribution in [-0.2, 0) is 14.8 Å². The molecule has 1 aliphatic carbocycles. The summed E-state index contributed by atoms with van der Waals surface area (Å²) in [4.78, 5) is 13.2. The van der Waals surface area contributed by atoms with Crippen molar-refractivity contribution in [3.05, 3.63) is 90.0 Å². The molecule has 1 amide bonds. The first kappa shape index (κ1) is 20.0. The lowest BCUT2D eigenvalue weighted by Crippen LogP contribution is -2.38. The summed E-state index contributed by atoms with van der Waals surface area (Å²) in [6, 6.07) is 16.0. The number of hydrogen-bond donors (Lipinski definition) is 1. The van der Waals surface area contributed by atoms with E-state index in [0.29, 0.717) is 4.31 Å². The van der Waals surface area contributed by atoms with Crippen LogP contribution in [0, 0.1) is 17.6 Å². The second-order valence-electron chi connectivity index (χ2n) is 7.02. The van der Waals surface area contributed by atoms with Crippen LogP contribution in [0.1, 0.15) is 17.9 Å². The maximum atomic E-state index is 14.1. The molecule has 0 spiro atoms. The largest absolute Gasteiger partial charge is 0.508 e. The highest BCUT2D eigenvalue weighted by atomic mass is 32.2. The van der Waals surface area contributed by atoms with E-state index < -0.39 is 39.4 Å². The summed E-state index contributed by atoms with van der Waals surface area (Å²) < 4.78 is 55.4. The van der Waals surface area contributed by atoms with E-state index in [0.717, 1.165) is 12.1 Å². The number of carbonyl (C=O) groups is 1. The summed E-state index contributed by atoms with van der Waals surface area (Å²) in [5, 5.41) is 9.53. The van der Waals surface area contributed by atoms with Gasteiger partial charge in [-0.1, -0.05) is 24.3 Å². The molecule has 5 nitrogen and oxygen atoms in total. The first-order valence-corrected chi connectivity index (χ1v) is 10.6. The van der Waals surface area contributed by atoms with Gasteiger partial charge in [-0.2, -0.15) is 0 Å². The van der Waals surface area contributed by atoms with Gasteiger partial charge in [0, 0.05) is 17.4 Å². The lowest BCUT2D eigenvalue weighted by Gasteiger charge is -2.23. The molecule has 0 bridgehead atoms. The summed E-state index contributed by atoms with van der Waals surface area (Å²) in [5.41, 5.74) is -0.181. The van der Waals surface area contributed by atoms with E-state index in [-0.39, 0.29) is 28.3 Å². The van der Waals surface area contributed by atoms with Crippen LogP contribution in [0.2, 0.25) is 0 Å². The number of anilines is 1. The van der Waals surface area contributed by atoms with Crippen LogP contribution >= 0.6 is 0 Å². The zero-order valence-corrected chi connectivity index (χ0v) is 16.4. The average Bonchev–Trinajstić information content (AvgIpc) is 3.50. The zero-order valence-electron chi connectivity index (χ0n) is 15.6. The average molecular weight is 429 g/mol. The molecule has 154 valence electrons. The third-order valence-corrected chi connectivity index (χ3v) is 6.78. The number of carbonyl (C=O) groups excluding carboxylic acids is 1. The molecule has 0 aliphatic heterocycles. The highest BCUT2D eigenvalue weighted by Gasteiger charge is 2.50. The first-order chi connectivity index (χ1) is 14.3. The van der Waals surface area contributed by atoms with Crippen molar-refractivity contribution in [3.8, 4) is 5.75 Å². The Balaban J connectivity index is 1.74. The number of halogens is 2. The maximum Gasteiger partial charge on any atom is 0.270 e. The molecule has 3 aromatic rings. The molecule has 0 aromatic heterocycles. The monoisotopic (exact) mass is 429 g/mol. The number of hydrogen-bond acceptors (Lipinski definition) is 4. The van der Waals surface area contributed by atoms with E-state index >= 15 is 0 Å². The summed E-state index contributed by atoms with van der Waals surface area (Å²) in [6.45, 7) is 0. The quantitative estimate of drug-likeness (QED) is 0.660. The van der Waals surface area contributed by atoms with Gasteiger partial charge in [-0.25, -0.2) is 21.5 Å². The number of rotatable bonds is 5. The van der Waals surface area contributed by atoms with Gasteiger partial charge in [0.2, 0.25) is 5.91 Å². The third kappa shape index (κ3) is 3.54. The number of nitrogens with zero attached hydrogens (tertiary/aromatic N) is 1. The zero-order chi connectivity index (χ0) is 21.5. The Morgan fingerprint density at radius 1 is 0.900 bits per heavy atom. The minimum Gasteiger partial charge on any atom is -0.508 e. The predicted octanol–water partition coefficient (Wildman–Crippen LogP) is 4.20.